The molecule has 1 aromatic heterocycles. The van der Waals surface area contributed by atoms with E-state index in [4.69, 9.17) is 9.47 Å². The van der Waals surface area contributed by atoms with Gasteiger partial charge >= 0.3 is 0 Å². The number of ether oxygens (including phenoxy) is 2. The third kappa shape index (κ3) is 6.40. The number of thioether (sulfide) groups is 1. The lowest BCUT2D eigenvalue weighted by molar-refractivity contribution is -0.00000628. The van der Waals surface area contributed by atoms with Crippen molar-refractivity contribution >= 4 is 11.8 Å². The van der Waals surface area contributed by atoms with Crippen molar-refractivity contribution in [2.75, 3.05) is 19.4 Å². The summed E-state index contributed by atoms with van der Waals surface area (Å²) in [6.07, 6.45) is 0. The minimum atomic E-state index is 0. The maximum Gasteiger partial charge on any atom is 0.209 e. The zero-order valence-corrected chi connectivity index (χ0v) is 17.4. The summed E-state index contributed by atoms with van der Waals surface area (Å²) < 4.78 is 13.0. The molecule has 0 spiro atoms. The zero-order chi connectivity index (χ0) is 18.9. The van der Waals surface area contributed by atoms with Crippen LogP contribution in [-0.4, -0.2) is 39.6 Å². The summed E-state index contributed by atoms with van der Waals surface area (Å²) in [5, 5.41) is 15.6. The van der Waals surface area contributed by atoms with Gasteiger partial charge in [0.1, 0.15) is 6.61 Å². The van der Waals surface area contributed by atoms with E-state index < -0.39 is 0 Å². The number of hydrogen-bond acceptors (Lipinski definition) is 7. The molecule has 3 aromatic rings. The maximum atomic E-state index is 5.89. The Morgan fingerprint density at radius 1 is 1.07 bits per heavy atom. The lowest BCUT2D eigenvalue weighted by Gasteiger charge is -2.13. The van der Waals surface area contributed by atoms with E-state index in [2.05, 4.69) is 26.9 Å². The van der Waals surface area contributed by atoms with Crippen LogP contribution < -0.4 is 27.2 Å². The molecule has 0 unspecified atom stereocenters. The second-order valence-electron chi connectivity index (χ2n) is 5.87. The first-order chi connectivity index (χ1) is 13.3. The van der Waals surface area contributed by atoms with Crippen molar-refractivity contribution in [3.8, 4) is 11.5 Å². The van der Waals surface area contributed by atoms with Gasteiger partial charge in [-0.2, -0.15) is 0 Å². The summed E-state index contributed by atoms with van der Waals surface area (Å²) >= 11 is 1.62. The number of benzene rings is 2. The van der Waals surface area contributed by atoms with Crippen molar-refractivity contribution in [3.05, 3.63) is 59.7 Å². The fraction of sp³-hybridized carbons (Fsp3) is 0.316. The number of aryl methyl sites for hydroxylation is 1. The second kappa shape index (κ2) is 11.5. The molecular weight excluding hydrogens is 398 g/mol. The third-order valence-electron chi connectivity index (χ3n) is 3.89. The van der Waals surface area contributed by atoms with Crippen LogP contribution in [0, 0.1) is 0 Å². The van der Waals surface area contributed by atoms with Gasteiger partial charge < -0.3 is 27.2 Å². The first-order valence-corrected chi connectivity index (χ1v) is 9.64. The van der Waals surface area contributed by atoms with Crippen LogP contribution in [0.2, 0.25) is 0 Å². The Morgan fingerprint density at radius 3 is 2.61 bits per heavy atom. The van der Waals surface area contributed by atoms with Crippen LogP contribution in [0.1, 0.15) is 11.1 Å². The minimum Gasteiger partial charge on any atom is -1.00 e. The molecule has 0 radical (unpaired) electrons. The van der Waals surface area contributed by atoms with Gasteiger partial charge in [-0.05, 0) is 33.7 Å². The molecular formula is C19H23ClN5O2S-. The Labute approximate surface area is 175 Å². The number of tetrazole rings is 1. The van der Waals surface area contributed by atoms with Gasteiger partial charge in [0.15, 0.2) is 11.5 Å². The average molecular weight is 421 g/mol. The molecule has 9 heteroatoms. The standard InChI is InChI=1S/C19H23N5O2S.ClH/c1-24-19(21-22-23-24)27-11-10-20-13-16-8-9-17(18(12-16)25-2)26-14-15-6-4-3-5-7-15;/h3-9,12,20H,10-11,13-14H2,1-2H3;1H/p-1. The molecule has 7 nitrogen and oxygen atoms in total. The highest BCUT2D eigenvalue weighted by molar-refractivity contribution is 7.99. The predicted octanol–water partition coefficient (Wildman–Crippen LogP) is -0.316. The number of halogens is 1. The molecule has 1 N–H and O–H groups in total. The number of nitrogens with one attached hydrogen (secondary N) is 1. The van der Waals surface area contributed by atoms with E-state index in [1.54, 1.807) is 23.6 Å². The van der Waals surface area contributed by atoms with Crippen LogP contribution >= 0.6 is 11.8 Å². The summed E-state index contributed by atoms with van der Waals surface area (Å²) in [6.45, 7) is 2.13. The van der Waals surface area contributed by atoms with Gasteiger partial charge in [-0.25, -0.2) is 4.68 Å². The van der Waals surface area contributed by atoms with E-state index in [0.717, 1.165) is 46.6 Å². The van der Waals surface area contributed by atoms with E-state index in [1.165, 1.54) is 0 Å². The topological polar surface area (TPSA) is 74.1 Å². The molecule has 0 atom stereocenters. The molecule has 0 aliphatic heterocycles. The van der Waals surface area contributed by atoms with Gasteiger partial charge in [0, 0.05) is 25.9 Å². The third-order valence-corrected chi connectivity index (χ3v) is 4.90. The molecule has 0 fully saturated rings. The molecule has 150 valence electrons. The number of nitrogens with zero attached hydrogens (tertiary/aromatic N) is 4. The number of rotatable bonds is 10. The van der Waals surface area contributed by atoms with E-state index in [9.17, 15) is 0 Å². The highest BCUT2D eigenvalue weighted by atomic mass is 35.5. The van der Waals surface area contributed by atoms with Crippen molar-refractivity contribution in [2.45, 2.75) is 18.3 Å². The highest BCUT2D eigenvalue weighted by Gasteiger charge is 2.07. The van der Waals surface area contributed by atoms with Crippen LogP contribution in [0.4, 0.5) is 0 Å². The quantitative estimate of drug-likeness (QED) is 0.356. The van der Waals surface area contributed by atoms with E-state index in [-0.39, 0.29) is 12.4 Å². The Bertz CT molecular complexity index is 847. The monoisotopic (exact) mass is 420 g/mol. The molecule has 3 rings (SSSR count). The number of methoxy groups -OCH3 is 1. The van der Waals surface area contributed by atoms with Crippen LogP contribution in [0.5, 0.6) is 11.5 Å². The summed E-state index contributed by atoms with van der Waals surface area (Å²) in [5.41, 5.74) is 2.27. The number of hydrogen-bond donors (Lipinski definition) is 1. The molecule has 0 bridgehead atoms. The molecule has 0 aliphatic carbocycles. The fourth-order valence-electron chi connectivity index (χ4n) is 2.47. The lowest BCUT2D eigenvalue weighted by atomic mass is 10.2. The highest BCUT2D eigenvalue weighted by Crippen LogP contribution is 2.28. The number of aromatic nitrogens is 4. The van der Waals surface area contributed by atoms with Crippen molar-refractivity contribution in [1.29, 1.82) is 0 Å². The lowest BCUT2D eigenvalue weighted by Crippen LogP contribution is -3.00. The van der Waals surface area contributed by atoms with Gasteiger partial charge in [0.05, 0.1) is 7.11 Å². The van der Waals surface area contributed by atoms with Crippen LogP contribution in [0.3, 0.4) is 0 Å². The minimum absolute atomic E-state index is 0. The van der Waals surface area contributed by atoms with Crippen LogP contribution in [0.15, 0.2) is 53.7 Å². The van der Waals surface area contributed by atoms with E-state index in [1.807, 2.05) is 49.5 Å². The Hall–Kier alpha value is -2.29. The molecule has 0 saturated carbocycles. The molecule has 0 aliphatic rings. The van der Waals surface area contributed by atoms with Gasteiger partial charge in [-0.1, -0.05) is 48.2 Å². The zero-order valence-electron chi connectivity index (χ0n) is 15.8. The van der Waals surface area contributed by atoms with Crippen molar-refractivity contribution in [1.82, 2.24) is 25.5 Å². The predicted molar refractivity (Wildman–Crippen MR) is 105 cm³/mol. The van der Waals surface area contributed by atoms with Gasteiger partial charge in [0.2, 0.25) is 5.16 Å². The molecule has 1 heterocycles. The van der Waals surface area contributed by atoms with Gasteiger partial charge in [0.25, 0.3) is 0 Å². The largest absolute Gasteiger partial charge is 1.00 e. The van der Waals surface area contributed by atoms with E-state index in [0.29, 0.717) is 6.61 Å². The summed E-state index contributed by atoms with van der Waals surface area (Å²) in [7, 11) is 3.50. The Morgan fingerprint density at radius 2 is 1.89 bits per heavy atom. The van der Waals surface area contributed by atoms with Crippen molar-refractivity contribution < 1.29 is 21.9 Å². The van der Waals surface area contributed by atoms with Gasteiger partial charge in [-0.3, -0.25) is 0 Å². The molecule has 0 saturated heterocycles. The molecule has 2 aromatic carbocycles. The fourth-order valence-corrected chi connectivity index (χ4v) is 3.21. The van der Waals surface area contributed by atoms with Crippen LogP contribution in [0.25, 0.3) is 0 Å². The maximum absolute atomic E-state index is 5.89. The molecule has 28 heavy (non-hydrogen) atoms. The van der Waals surface area contributed by atoms with Gasteiger partial charge in [-0.15, -0.1) is 5.10 Å². The average Bonchev–Trinajstić information content (AvgIpc) is 3.12. The normalized spacial score (nSPS) is 10.4. The van der Waals surface area contributed by atoms with E-state index >= 15 is 0 Å². The summed E-state index contributed by atoms with van der Waals surface area (Å²) in [5.74, 6) is 2.38. The Kier molecular flexibility index (Phi) is 9.06. The first-order valence-electron chi connectivity index (χ1n) is 8.66. The second-order valence-corrected chi connectivity index (χ2v) is 6.93. The summed E-state index contributed by atoms with van der Waals surface area (Å²) in [6, 6.07) is 16.1. The SMILES string of the molecule is COc1cc(CNCCSc2nnnn2C)ccc1OCc1ccccc1.[Cl-]. The smallest absolute Gasteiger partial charge is 0.209 e. The first kappa shape index (κ1) is 22.0. The van der Waals surface area contributed by atoms with Crippen LogP contribution in [-0.2, 0) is 20.2 Å². The molecule has 0 amide bonds. The van der Waals surface area contributed by atoms with Crippen molar-refractivity contribution in [2.24, 2.45) is 7.05 Å². The van der Waals surface area contributed by atoms with Crippen molar-refractivity contribution in [3.63, 3.8) is 0 Å². The Balaban J connectivity index is 0.00000280. The summed E-state index contributed by atoms with van der Waals surface area (Å²) in [4.78, 5) is 0.